The van der Waals surface area contributed by atoms with Gasteiger partial charge in [-0.2, -0.15) is 0 Å². The van der Waals surface area contributed by atoms with Gasteiger partial charge in [0.2, 0.25) is 0 Å². The average molecular weight is 1220 g/mol. The van der Waals surface area contributed by atoms with Crippen molar-refractivity contribution in [3.05, 3.63) is 194 Å². The Bertz CT molecular complexity index is 2130. The molecule has 0 aromatic rings. The Hall–Kier alpha value is -5.15. The van der Waals surface area contributed by atoms with Gasteiger partial charge in [-0.05, 0) is 141 Å². The lowest BCUT2D eigenvalue weighted by molar-refractivity contribution is -0.161. The molecule has 9 nitrogen and oxygen atoms in total. The zero-order chi connectivity index (χ0) is 63.0. The fourth-order valence-electron chi connectivity index (χ4n) is 8.55. The molecule has 0 fully saturated rings. The molecule has 0 saturated heterocycles. The van der Waals surface area contributed by atoms with Crippen LogP contribution in [-0.2, 0) is 32.7 Å². The Kier molecular flexibility index (Phi) is 65.8. The molecule has 0 rings (SSSR count). The highest BCUT2D eigenvalue weighted by atomic mass is 31.2. The summed E-state index contributed by atoms with van der Waals surface area (Å²) in [5.41, 5.74) is 5.40. The van der Waals surface area contributed by atoms with Gasteiger partial charge in [-0.3, -0.25) is 18.6 Å². The fraction of sp³-hybridized carbons (Fsp3) is 0.558. The third kappa shape index (κ3) is 69.8. The normalized spacial score (nSPS) is 14.2. The third-order valence-corrected chi connectivity index (χ3v) is 14.5. The van der Waals surface area contributed by atoms with Crippen LogP contribution in [0.4, 0.5) is 0 Å². The van der Waals surface area contributed by atoms with E-state index < -0.39 is 32.5 Å². The summed E-state index contributed by atoms with van der Waals surface area (Å²) in [6.45, 7) is 3.47. The van der Waals surface area contributed by atoms with Crippen LogP contribution in [0, 0.1) is 0 Å². The molecule has 0 aliphatic carbocycles. The van der Waals surface area contributed by atoms with Crippen molar-refractivity contribution in [3.63, 3.8) is 0 Å². The minimum Gasteiger partial charge on any atom is -0.462 e. The first-order chi connectivity index (χ1) is 42.8. The molecular weight excluding hydrogens is 1100 g/mol. The minimum atomic E-state index is -4.41. The first-order valence-electron chi connectivity index (χ1n) is 33.9. The van der Waals surface area contributed by atoms with Crippen LogP contribution < -0.4 is 5.73 Å². The smallest absolute Gasteiger partial charge is 0.462 e. The summed E-state index contributed by atoms with van der Waals surface area (Å²) in [5, 5.41) is 0. The highest BCUT2D eigenvalue weighted by Crippen LogP contribution is 2.43. The van der Waals surface area contributed by atoms with Crippen LogP contribution in [0.15, 0.2) is 194 Å². The lowest BCUT2D eigenvalue weighted by Crippen LogP contribution is -2.29. The van der Waals surface area contributed by atoms with Gasteiger partial charge in [0.1, 0.15) is 6.61 Å². The van der Waals surface area contributed by atoms with Gasteiger partial charge in [-0.15, -0.1) is 0 Å². The highest BCUT2D eigenvalue weighted by molar-refractivity contribution is 7.47. The molecule has 0 amide bonds. The zero-order valence-corrected chi connectivity index (χ0v) is 55.6. The summed E-state index contributed by atoms with van der Waals surface area (Å²) in [6.07, 6.45) is 106. The molecule has 0 aromatic heterocycles. The van der Waals surface area contributed by atoms with Crippen molar-refractivity contribution in [2.45, 2.75) is 251 Å². The number of phosphoric acid groups is 1. The first kappa shape index (κ1) is 81.8. The number of carbonyl (C=O) groups is 2. The number of phosphoric ester groups is 1. The number of ether oxygens (including phenoxy) is 2. The summed E-state index contributed by atoms with van der Waals surface area (Å²) in [4.78, 5) is 35.3. The summed E-state index contributed by atoms with van der Waals surface area (Å²) >= 11 is 0. The number of carbonyl (C=O) groups excluding carboxylic acids is 2. The number of hydrogen-bond acceptors (Lipinski definition) is 8. The maximum atomic E-state index is 12.8. The Morgan fingerprint density at radius 1 is 0.345 bits per heavy atom. The topological polar surface area (TPSA) is 134 Å². The van der Waals surface area contributed by atoms with E-state index in [1.807, 2.05) is 0 Å². The molecule has 0 spiro atoms. The molecule has 3 N–H and O–H groups in total. The molecule has 0 saturated carbocycles. The summed E-state index contributed by atoms with van der Waals surface area (Å²) in [5.74, 6) is -0.863. The van der Waals surface area contributed by atoms with E-state index in [1.54, 1.807) is 0 Å². The van der Waals surface area contributed by atoms with E-state index in [2.05, 4.69) is 208 Å². The van der Waals surface area contributed by atoms with Crippen LogP contribution in [0.2, 0.25) is 0 Å². The summed E-state index contributed by atoms with van der Waals surface area (Å²) < 4.78 is 33.1. The molecule has 0 aliphatic heterocycles. The van der Waals surface area contributed by atoms with Crippen LogP contribution in [0.5, 0.6) is 0 Å². The van der Waals surface area contributed by atoms with Crippen LogP contribution in [0.1, 0.15) is 245 Å². The Labute approximate surface area is 532 Å². The van der Waals surface area contributed by atoms with E-state index in [9.17, 15) is 19.0 Å². The van der Waals surface area contributed by atoms with Crippen molar-refractivity contribution in [2.75, 3.05) is 26.4 Å². The van der Waals surface area contributed by atoms with Gasteiger partial charge < -0.3 is 20.1 Å². The second kappa shape index (κ2) is 69.9. The van der Waals surface area contributed by atoms with E-state index in [0.29, 0.717) is 12.8 Å². The molecule has 2 unspecified atom stereocenters. The van der Waals surface area contributed by atoms with E-state index in [-0.39, 0.29) is 32.6 Å². The Morgan fingerprint density at radius 3 is 0.885 bits per heavy atom. The zero-order valence-electron chi connectivity index (χ0n) is 54.7. The summed E-state index contributed by atoms with van der Waals surface area (Å²) in [6, 6.07) is 0. The van der Waals surface area contributed by atoms with Crippen molar-refractivity contribution >= 4 is 19.8 Å². The predicted molar refractivity (Wildman–Crippen MR) is 375 cm³/mol. The Balaban J connectivity index is 4.04. The second-order valence-corrected chi connectivity index (χ2v) is 23.0. The van der Waals surface area contributed by atoms with Gasteiger partial charge in [0.15, 0.2) is 6.10 Å². The second-order valence-electron chi connectivity index (χ2n) is 21.6. The van der Waals surface area contributed by atoms with Crippen molar-refractivity contribution in [3.8, 4) is 0 Å². The van der Waals surface area contributed by atoms with Gasteiger partial charge in [-0.1, -0.05) is 285 Å². The molecule has 0 radical (unpaired) electrons. The molecule has 87 heavy (non-hydrogen) atoms. The molecule has 0 heterocycles. The maximum absolute atomic E-state index is 12.8. The van der Waals surface area contributed by atoms with Gasteiger partial charge in [-0.25, -0.2) is 4.57 Å². The van der Waals surface area contributed by atoms with E-state index >= 15 is 0 Å². The van der Waals surface area contributed by atoms with Crippen LogP contribution >= 0.6 is 7.82 Å². The van der Waals surface area contributed by atoms with E-state index in [1.165, 1.54) is 38.5 Å². The van der Waals surface area contributed by atoms with Crippen molar-refractivity contribution < 1.29 is 37.6 Å². The lowest BCUT2D eigenvalue weighted by Gasteiger charge is -2.19. The van der Waals surface area contributed by atoms with Crippen LogP contribution in [0.3, 0.4) is 0 Å². The third-order valence-electron chi connectivity index (χ3n) is 13.5. The predicted octanol–water partition coefficient (Wildman–Crippen LogP) is 22.5. The van der Waals surface area contributed by atoms with E-state index in [4.69, 9.17) is 24.3 Å². The largest absolute Gasteiger partial charge is 0.472 e. The molecule has 488 valence electrons. The number of allylic oxidation sites excluding steroid dienone is 32. The monoisotopic (exact) mass is 1220 g/mol. The first-order valence-corrected chi connectivity index (χ1v) is 35.4. The molecule has 0 bridgehead atoms. The fourth-order valence-corrected chi connectivity index (χ4v) is 9.31. The van der Waals surface area contributed by atoms with Gasteiger partial charge in [0.25, 0.3) is 0 Å². The van der Waals surface area contributed by atoms with Crippen molar-refractivity contribution in [2.24, 2.45) is 5.73 Å². The number of nitrogens with two attached hydrogens (primary N) is 1. The number of rotatable bonds is 61. The SMILES string of the molecule is CC/C=C\C/C=C\C/C=C\C/C=C\C/C=C\C/C=C\C/C=C\C/C=C\C/C=C\C/C=C\CCCCCCCCC(=O)OC(COC(=O)CCCCCCCCCCCC/C=C\C/C=C\C/C=C\C/C=C\C/C=C\C/C=C\CC)COP(=O)(O)OCCN. The van der Waals surface area contributed by atoms with Crippen LogP contribution in [0.25, 0.3) is 0 Å². The highest BCUT2D eigenvalue weighted by Gasteiger charge is 2.26. The van der Waals surface area contributed by atoms with Gasteiger partial charge in [0, 0.05) is 19.4 Å². The van der Waals surface area contributed by atoms with Crippen molar-refractivity contribution in [1.29, 1.82) is 0 Å². The minimum absolute atomic E-state index is 0.0397. The maximum Gasteiger partial charge on any atom is 0.472 e. The Morgan fingerprint density at radius 2 is 0.598 bits per heavy atom. The van der Waals surface area contributed by atoms with Crippen LogP contribution in [-0.4, -0.2) is 49.3 Å². The van der Waals surface area contributed by atoms with Gasteiger partial charge >= 0.3 is 19.8 Å². The molecular formula is C77H122NO8P. The number of esters is 2. The van der Waals surface area contributed by atoms with E-state index in [0.717, 1.165) is 167 Å². The number of unbranched alkanes of at least 4 members (excludes halogenated alkanes) is 16. The molecule has 2 atom stereocenters. The van der Waals surface area contributed by atoms with Gasteiger partial charge in [0.05, 0.1) is 13.2 Å². The standard InChI is InChI=1S/C77H122NO8P/c1-3-5-7-9-11-13-15-17-19-21-23-25-27-29-31-33-34-35-36-37-38-39-40-42-44-46-48-50-52-54-56-58-60-62-64-66-68-70-77(80)86-75(74-85-87(81,82)84-72-71-78)73-83-76(79)69-67-65-63-61-59-57-55-53-51-49-47-45-43-41-32-30-28-26-24-22-20-18-16-14-12-10-8-6-4-2/h5-8,11-14,17-20,23-26,29-32,34-35,37-38,40,42-43,45-46,48,52,54,75H,3-4,9-10,15-16,21-22,27-28,33,36,39,41,44,47,49-51,53,55-74,78H2,1-2H3,(H,81,82)/b7-5-,8-6-,13-11-,14-12-,19-17-,20-18-,25-23-,26-24-,31-29-,32-30-,35-34-,38-37-,42-40-,45-43-,48-46-,54-52-. The quantitative estimate of drug-likeness (QED) is 0.0264. The molecule has 0 aliphatic rings. The summed E-state index contributed by atoms with van der Waals surface area (Å²) in [7, 11) is -4.41. The molecule has 10 heteroatoms. The lowest BCUT2D eigenvalue weighted by atomic mass is 10.1. The molecule has 0 aromatic carbocycles. The van der Waals surface area contributed by atoms with Crippen molar-refractivity contribution in [1.82, 2.24) is 0 Å². The number of hydrogen-bond donors (Lipinski definition) is 2. The average Bonchev–Trinajstić information content (AvgIpc) is 3.65.